The van der Waals surface area contributed by atoms with Crippen molar-refractivity contribution < 1.29 is 0 Å². The van der Waals surface area contributed by atoms with Gasteiger partial charge in [-0.2, -0.15) is 0 Å². The highest BCUT2D eigenvalue weighted by Crippen LogP contribution is 2.45. The van der Waals surface area contributed by atoms with Crippen LogP contribution >= 0.6 is 23.1 Å². The zero-order valence-electron chi connectivity index (χ0n) is 12.0. The normalized spacial score (nSPS) is 13.9. The fraction of sp³-hybridized carbons (Fsp3) is 0.118. The van der Waals surface area contributed by atoms with Gasteiger partial charge in [-0.1, -0.05) is 30.0 Å². The van der Waals surface area contributed by atoms with Gasteiger partial charge in [-0.15, -0.1) is 11.3 Å². The minimum Gasteiger partial charge on any atom is -0.354 e. The number of nitrogens with zero attached hydrogens (tertiary/aromatic N) is 1. The molecule has 0 amide bonds. The molecular weight excluding hydrogens is 310 g/mol. The Balaban J connectivity index is 1.70. The number of hydrogen-bond donors (Lipinski definition) is 2. The summed E-state index contributed by atoms with van der Waals surface area (Å²) in [5, 5.41) is 6.56. The monoisotopic (exact) mass is 325 g/mol. The van der Waals surface area contributed by atoms with Crippen LogP contribution in [0.1, 0.15) is 18.0 Å². The Morgan fingerprint density at radius 1 is 1.09 bits per heavy atom. The van der Waals surface area contributed by atoms with Crippen molar-refractivity contribution >= 4 is 34.5 Å². The predicted molar refractivity (Wildman–Crippen MR) is 94.0 cm³/mol. The standard InChI is InChI=1S/C17H15N3S2/c1-10(18)17-20-14(9-21-17)11-6-7-16-13(8-11)19-12-4-2-3-5-15(12)22-16/h2-10,19H,18H2,1H3. The van der Waals surface area contributed by atoms with E-state index >= 15 is 0 Å². The van der Waals surface area contributed by atoms with Gasteiger partial charge in [0, 0.05) is 20.7 Å². The zero-order valence-corrected chi connectivity index (χ0v) is 13.7. The molecule has 4 rings (SSSR count). The Morgan fingerprint density at radius 3 is 2.73 bits per heavy atom. The molecule has 1 aliphatic heterocycles. The molecule has 0 bridgehead atoms. The zero-order chi connectivity index (χ0) is 15.1. The Morgan fingerprint density at radius 2 is 1.91 bits per heavy atom. The molecule has 3 N–H and O–H groups in total. The summed E-state index contributed by atoms with van der Waals surface area (Å²) in [7, 11) is 0. The first-order chi connectivity index (χ1) is 10.7. The van der Waals surface area contributed by atoms with Gasteiger partial charge in [0.2, 0.25) is 0 Å². The van der Waals surface area contributed by atoms with Gasteiger partial charge in [0.05, 0.1) is 23.1 Å². The maximum Gasteiger partial charge on any atom is 0.110 e. The third kappa shape index (κ3) is 2.41. The lowest BCUT2D eigenvalue weighted by atomic mass is 10.1. The highest BCUT2D eigenvalue weighted by atomic mass is 32.2. The van der Waals surface area contributed by atoms with Crippen molar-refractivity contribution in [3.05, 3.63) is 52.9 Å². The number of aromatic nitrogens is 1. The van der Waals surface area contributed by atoms with E-state index in [1.54, 1.807) is 23.1 Å². The molecular formula is C17H15N3S2. The average Bonchev–Trinajstić information content (AvgIpc) is 3.02. The van der Waals surface area contributed by atoms with E-state index in [0.717, 1.165) is 27.6 Å². The minimum atomic E-state index is -0.0167. The van der Waals surface area contributed by atoms with Gasteiger partial charge >= 0.3 is 0 Å². The second kappa shape index (κ2) is 5.43. The first kappa shape index (κ1) is 13.8. The van der Waals surface area contributed by atoms with Crippen molar-refractivity contribution in [1.29, 1.82) is 0 Å². The van der Waals surface area contributed by atoms with Gasteiger partial charge in [0.25, 0.3) is 0 Å². The maximum absolute atomic E-state index is 5.90. The number of rotatable bonds is 2. The Bertz CT molecular complexity index is 839. The highest BCUT2D eigenvalue weighted by molar-refractivity contribution is 7.99. The molecule has 1 aliphatic rings. The van der Waals surface area contributed by atoms with Crippen molar-refractivity contribution in [3.8, 4) is 11.3 Å². The largest absolute Gasteiger partial charge is 0.354 e. The van der Waals surface area contributed by atoms with Crippen LogP contribution in [0.4, 0.5) is 11.4 Å². The molecule has 0 radical (unpaired) electrons. The lowest BCUT2D eigenvalue weighted by molar-refractivity contribution is 0.808. The molecule has 0 fully saturated rings. The molecule has 2 aromatic carbocycles. The van der Waals surface area contributed by atoms with Crippen molar-refractivity contribution in [1.82, 2.24) is 4.98 Å². The summed E-state index contributed by atoms with van der Waals surface area (Å²) < 4.78 is 0. The van der Waals surface area contributed by atoms with Crippen LogP contribution in [0, 0.1) is 0 Å². The first-order valence-corrected chi connectivity index (χ1v) is 8.79. The molecule has 22 heavy (non-hydrogen) atoms. The molecule has 0 saturated heterocycles. The van der Waals surface area contributed by atoms with E-state index in [4.69, 9.17) is 5.73 Å². The second-order valence-electron chi connectivity index (χ2n) is 5.29. The second-order valence-corrected chi connectivity index (χ2v) is 7.27. The van der Waals surface area contributed by atoms with Crippen molar-refractivity contribution in [2.75, 3.05) is 5.32 Å². The van der Waals surface area contributed by atoms with Crippen LogP contribution in [0.2, 0.25) is 0 Å². The molecule has 0 saturated carbocycles. The molecule has 3 aromatic rings. The molecule has 5 heteroatoms. The van der Waals surface area contributed by atoms with E-state index in [1.807, 2.05) is 6.92 Å². The van der Waals surface area contributed by atoms with Gasteiger partial charge in [-0.05, 0) is 31.2 Å². The lowest BCUT2D eigenvalue weighted by Crippen LogP contribution is -2.04. The van der Waals surface area contributed by atoms with E-state index in [9.17, 15) is 0 Å². The first-order valence-electron chi connectivity index (χ1n) is 7.10. The Hall–Kier alpha value is -1.82. The summed E-state index contributed by atoms with van der Waals surface area (Å²) in [5.41, 5.74) is 10.3. The maximum atomic E-state index is 5.90. The number of anilines is 2. The lowest BCUT2D eigenvalue weighted by Gasteiger charge is -2.21. The van der Waals surface area contributed by atoms with Gasteiger partial charge in [-0.25, -0.2) is 4.98 Å². The van der Waals surface area contributed by atoms with Crippen LogP contribution < -0.4 is 11.1 Å². The van der Waals surface area contributed by atoms with Gasteiger partial charge < -0.3 is 11.1 Å². The van der Waals surface area contributed by atoms with Crippen LogP contribution in [-0.4, -0.2) is 4.98 Å². The van der Waals surface area contributed by atoms with E-state index in [2.05, 4.69) is 58.1 Å². The molecule has 1 atom stereocenters. The minimum absolute atomic E-state index is 0.0167. The number of hydrogen-bond acceptors (Lipinski definition) is 5. The summed E-state index contributed by atoms with van der Waals surface area (Å²) in [5.74, 6) is 0. The molecule has 2 heterocycles. The van der Waals surface area contributed by atoms with Gasteiger partial charge in [-0.3, -0.25) is 0 Å². The van der Waals surface area contributed by atoms with E-state index in [-0.39, 0.29) is 6.04 Å². The SMILES string of the molecule is CC(N)c1nc(-c2ccc3c(c2)Nc2ccccc2S3)cs1. The fourth-order valence-electron chi connectivity index (χ4n) is 2.43. The molecule has 3 nitrogen and oxygen atoms in total. The molecule has 0 aliphatic carbocycles. The Labute approximate surface area is 137 Å². The predicted octanol–water partition coefficient (Wildman–Crippen LogP) is 5.04. The average molecular weight is 325 g/mol. The van der Waals surface area contributed by atoms with Crippen LogP contribution in [0.15, 0.2) is 57.6 Å². The summed E-state index contributed by atoms with van der Waals surface area (Å²) in [6.45, 7) is 1.96. The number of nitrogens with two attached hydrogens (primary N) is 1. The highest BCUT2D eigenvalue weighted by Gasteiger charge is 2.16. The van der Waals surface area contributed by atoms with E-state index < -0.39 is 0 Å². The van der Waals surface area contributed by atoms with Crippen LogP contribution in [-0.2, 0) is 0 Å². The van der Waals surface area contributed by atoms with E-state index in [0.29, 0.717) is 0 Å². The third-order valence-corrected chi connectivity index (χ3v) is 5.76. The Kier molecular flexibility index (Phi) is 3.41. The van der Waals surface area contributed by atoms with Crippen molar-refractivity contribution in [3.63, 3.8) is 0 Å². The summed E-state index contributed by atoms with van der Waals surface area (Å²) in [6.07, 6.45) is 0. The topological polar surface area (TPSA) is 50.9 Å². The number of benzene rings is 2. The van der Waals surface area contributed by atoms with Gasteiger partial charge in [0.1, 0.15) is 5.01 Å². The quantitative estimate of drug-likeness (QED) is 0.542. The van der Waals surface area contributed by atoms with Crippen molar-refractivity contribution in [2.24, 2.45) is 5.73 Å². The third-order valence-electron chi connectivity index (χ3n) is 3.56. The molecule has 1 unspecified atom stereocenters. The van der Waals surface area contributed by atoms with Crippen LogP contribution in [0.25, 0.3) is 11.3 Å². The number of fused-ring (bicyclic) bond motifs is 2. The summed E-state index contributed by atoms with van der Waals surface area (Å²) in [4.78, 5) is 7.13. The summed E-state index contributed by atoms with van der Waals surface area (Å²) in [6, 6.07) is 14.8. The number of para-hydroxylation sites is 1. The number of nitrogens with one attached hydrogen (secondary N) is 1. The van der Waals surface area contributed by atoms with Crippen LogP contribution in [0.5, 0.6) is 0 Å². The number of thiazole rings is 1. The molecule has 110 valence electrons. The molecule has 1 aromatic heterocycles. The fourth-order valence-corrected chi connectivity index (χ4v) is 4.18. The smallest absolute Gasteiger partial charge is 0.110 e. The summed E-state index contributed by atoms with van der Waals surface area (Å²) >= 11 is 3.41. The van der Waals surface area contributed by atoms with Gasteiger partial charge in [0.15, 0.2) is 0 Å². The van der Waals surface area contributed by atoms with Crippen molar-refractivity contribution in [2.45, 2.75) is 22.8 Å². The van der Waals surface area contributed by atoms with Crippen LogP contribution in [0.3, 0.4) is 0 Å². The molecule has 0 spiro atoms. The van der Waals surface area contributed by atoms with E-state index in [1.165, 1.54) is 9.79 Å².